The first kappa shape index (κ1) is 25.7. The number of alkyl halides is 3. The summed E-state index contributed by atoms with van der Waals surface area (Å²) in [5.41, 5.74) is 5.78. The van der Waals surface area contributed by atoms with Gasteiger partial charge in [0, 0.05) is 25.3 Å². The maximum absolute atomic E-state index is 11.5. The molecule has 0 unspecified atom stereocenters. The normalized spacial score (nSPS) is 13.1. The number of nitrogens with zero attached hydrogens (tertiary/aromatic N) is 3. The molecule has 1 aliphatic rings. The van der Waals surface area contributed by atoms with Crippen LogP contribution in [-0.2, 0) is 13.0 Å². The number of fused-ring (bicyclic) bond motifs is 1. The zero-order valence-electron chi connectivity index (χ0n) is 19.4. The third-order valence-corrected chi connectivity index (χ3v) is 5.26. The summed E-state index contributed by atoms with van der Waals surface area (Å²) in [5, 5.41) is 12.1. The van der Waals surface area contributed by atoms with E-state index in [0.717, 1.165) is 24.6 Å². The second kappa shape index (κ2) is 10.8. The van der Waals surface area contributed by atoms with Crippen LogP contribution in [0.4, 0.5) is 24.8 Å². The second-order valence-electron chi connectivity index (χ2n) is 8.03. The molecule has 0 amide bonds. The monoisotopic (exact) mass is 454 g/mol. The molecule has 0 radical (unpaired) electrons. The Morgan fingerprint density at radius 2 is 1.75 bits per heavy atom. The van der Waals surface area contributed by atoms with Crippen molar-refractivity contribution in [2.24, 2.45) is 0 Å². The number of benzene rings is 1. The van der Waals surface area contributed by atoms with Crippen molar-refractivity contribution in [3.05, 3.63) is 40.2 Å². The number of carboxylic acid groups (broad SMARTS) is 1. The summed E-state index contributed by atoms with van der Waals surface area (Å²) in [7, 11) is 0. The van der Waals surface area contributed by atoms with Crippen LogP contribution in [0.25, 0.3) is 0 Å². The molecule has 0 bridgehead atoms. The number of carbonyl (C=O) groups is 1. The Hall–Kier alpha value is -2.55. The SMILES string of the molecule is CCCNCCC(F)(F)F.CCc1nc2n(c1C(=O)O)CCN2c1c(C)cc(C)cc1C. The summed E-state index contributed by atoms with van der Waals surface area (Å²) in [5.74, 6) is -0.140. The Kier molecular flexibility index (Phi) is 8.72. The van der Waals surface area contributed by atoms with Gasteiger partial charge in [-0.15, -0.1) is 0 Å². The van der Waals surface area contributed by atoms with Crippen LogP contribution in [0, 0.1) is 20.8 Å². The summed E-state index contributed by atoms with van der Waals surface area (Å²) in [6.07, 6.45) is -3.24. The van der Waals surface area contributed by atoms with Crippen LogP contribution in [-0.4, -0.2) is 46.4 Å². The van der Waals surface area contributed by atoms with Gasteiger partial charge in [-0.1, -0.05) is 31.5 Å². The minimum atomic E-state index is -4.01. The molecule has 2 heterocycles. The van der Waals surface area contributed by atoms with Crippen LogP contribution < -0.4 is 10.2 Å². The molecule has 0 fully saturated rings. The van der Waals surface area contributed by atoms with E-state index in [0.29, 0.717) is 30.9 Å². The maximum Gasteiger partial charge on any atom is 0.390 e. The number of carboxylic acids is 1. The summed E-state index contributed by atoms with van der Waals surface area (Å²) >= 11 is 0. The third kappa shape index (κ3) is 6.25. The average molecular weight is 455 g/mol. The van der Waals surface area contributed by atoms with Crippen molar-refractivity contribution in [2.45, 2.75) is 66.6 Å². The fourth-order valence-electron chi connectivity index (χ4n) is 4.03. The molecule has 1 aromatic heterocycles. The summed E-state index contributed by atoms with van der Waals surface area (Å²) < 4.78 is 36.2. The van der Waals surface area contributed by atoms with Gasteiger partial charge in [0.2, 0.25) is 5.95 Å². The molecule has 1 aromatic carbocycles. The molecule has 2 aromatic rings. The predicted molar refractivity (Wildman–Crippen MR) is 120 cm³/mol. The lowest BCUT2D eigenvalue weighted by Crippen LogP contribution is -2.22. The van der Waals surface area contributed by atoms with Gasteiger partial charge < -0.3 is 19.9 Å². The number of aromatic carboxylic acids is 1. The van der Waals surface area contributed by atoms with E-state index < -0.39 is 18.6 Å². The highest BCUT2D eigenvalue weighted by Gasteiger charge is 2.31. The fraction of sp³-hybridized carbons (Fsp3) is 0.565. The van der Waals surface area contributed by atoms with Gasteiger partial charge in [-0.2, -0.15) is 13.2 Å². The highest BCUT2D eigenvalue weighted by atomic mass is 19.4. The number of rotatable bonds is 7. The van der Waals surface area contributed by atoms with Crippen LogP contribution in [0.2, 0.25) is 0 Å². The van der Waals surface area contributed by atoms with E-state index >= 15 is 0 Å². The van der Waals surface area contributed by atoms with Crippen molar-refractivity contribution in [2.75, 3.05) is 24.5 Å². The number of hydrogen-bond donors (Lipinski definition) is 2. The zero-order chi connectivity index (χ0) is 24.1. The van der Waals surface area contributed by atoms with E-state index in [-0.39, 0.29) is 6.54 Å². The molecule has 0 saturated heterocycles. The number of halogens is 3. The van der Waals surface area contributed by atoms with Gasteiger partial charge in [0.1, 0.15) is 0 Å². The molecule has 0 spiro atoms. The number of nitrogens with one attached hydrogen (secondary N) is 1. The first-order chi connectivity index (χ1) is 15.0. The van der Waals surface area contributed by atoms with Gasteiger partial charge in [0.05, 0.1) is 12.1 Å². The molecule has 6 nitrogen and oxygen atoms in total. The number of imidazole rings is 1. The summed E-state index contributed by atoms with van der Waals surface area (Å²) in [6.45, 7) is 12.3. The molecule has 9 heteroatoms. The lowest BCUT2D eigenvalue weighted by molar-refractivity contribution is -0.133. The molecule has 0 saturated carbocycles. The zero-order valence-corrected chi connectivity index (χ0v) is 19.4. The second-order valence-corrected chi connectivity index (χ2v) is 8.03. The first-order valence-corrected chi connectivity index (χ1v) is 11.0. The van der Waals surface area contributed by atoms with Crippen molar-refractivity contribution in [3.63, 3.8) is 0 Å². The fourth-order valence-corrected chi connectivity index (χ4v) is 4.03. The average Bonchev–Trinajstić information content (AvgIpc) is 3.23. The molecule has 0 atom stereocenters. The number of aromatic nitrogens is 2. The highest BCUT2D eigenvalue weighted by molar-refractivity contribution is 5.88. The van der Waals surface area contributed by atoms with Gasteiger partial charge in [0.25, 0.3) is 0 Å². The summed E-state index contributed by atoms with van der Waals surface area (Å²) in [6, 6.07) is 4.32. The highest BCUT2D eigenvalue weighted by Crippen LogP contribution is 2.36. The lowest BCUT2D eigenvalue weighted by Gasteiger charge is -2.22. The van der Waals surface area contributed by atoms with Crippen LogP contribution in [0.3, 0.4) is 0 Å². The van der Waals surface area contributed by atoms with Crippen molar-refractivity contribution < 1.29 is 23.1 Å². The maximum atomic E-state index is 11.5. The Balaban J connectivity index is 0.000000309. The minimum Gasteiger partial charge on any atom is -0.477 e. The van der Waals surface area contributed by atoms with Crippen molar-refractivity contribution in [1.29, 1.82) is 0 Å². The van der Waals surface area contributed by atoms with Gasteiger partial charge in [0.15, 0.2) is 5.69 Å². The van der Waals surface area contributed by atoms with E-state index in [1.165, 1.54) is 16.7 Å². The molecule has 32 heavy (non-hydrogen) atoms. The van der Waals surface area contributed by atoms with Crippen LogP contribution in [0.1, 0.15) is 59.6 Å². The molecule has 1 aliphatic heterocycles. The van der Waals surface area contributed by atoms with Gasteiger partial charge in [-0.3, -0.25) is 0 Å². The standard InChI is InChI=1S/C17H21N3O2.C6H12F3N/c1-5-13-15(16(21)22)20-7-6-19(17(20)18-13)14-11(3)8-10(2)9-12(14)4;1-2-4-10-5-3-6(7,8)9/h8-9H,5-7H2,1-4H3,(H,21,22);10H,2-5H2,1H3. The smallest absolute Gasteiger partial charge is 0.390 e. The lowest BCUT2D eigenvalue weighted by atomic mass is 10.0. The third-order valence-electron chi connectivity index (χ3n) is 5.26. The summed E-state index contributed by atoms with van der Waals surface area (Å²) in [4.78, 5) is 18.3. The molecule has 0 aliphatic carbocycles. The van der Waals surface area contributed by atoms with E-state index in [4.69, 9.17) is 0 Å². The van der Waals surface area contributed by atoms with Crippen molar-refractivity contribution in [1.82, 2.24) is 14.9 Å². The topological polar surface area (TPSA) is 70.4 Å². The predicted octanol–water partition coefficient (Wildman–Crippen LogP) is 5.16. The molecule has 3 rings (SSSR count). The number of aryl methyl sites for hydroxylation is 4. The Morgan fingerprint density at radius 3 is 2.25 bits per heavy atom. The van der Waals surface area contributed by atoms with Crippen LogP contribution >= 0.6 is 0 Å². The van der Waals surface area contributed by atoms with E-state index in [2.05, 4.69) is 48.1 Å². The first-order valence-electron chi connectivity index (χ1n) is 11.0. The van der Waals surface area contributed by atoms with Crippen LogP contribution in [0.5, 0.6) is 0 Å². The Labute approximate surface area is 187 Å². The van der Waals surface area contributed by atoms with Crippen molar-refractivity contribution >= 4 is 17.6 Å². The van der Waals surface area contributed by atoms with Crippen LogP contribution in [0.15, 0.2) is 12.1 Å². The number of anilines is 2. The van der Waals surface area contributed by atoms with Crippen molar-refractivity contribution in [3.8, 4) is 0 Å². The number of hydrogen-bond acceptors (Lipinski definition) is 4. The van der Waals surface area contributed by atoms with E-state index in [9.17, 15) is 23.1 Å². The Morgan fingerprint density at radius 1 is 1.12 bits per heavy atom. The van der Waals surface area contributed by atoms with E-state index in [1.807, 2.05) is 18.4 Å². The largest absolute Gasteiger partial charge is 0.477 e. The minimum absolute atomic E-state index is 0.0390. The van der Waals surface area contributed by atoms with E-state index in [1.54, 1.807) is 0 Å². The Bertz CT molecular complexity index is 915. The quantitative estimate of drug-likeness (QED) is 0.566. The van der Waals surface area contributed by atoms with Gasteiger partial charge >= 0.3 is 12.1 Å². The molecule has 2 N–H and O–H groups in total. The molecular weight excluding hydrogens is 421 g/mol. The molecule has 178 valence electrons. The van der Waals surface area contributed by atoms with Gasteiger partial charge in [-0.25, -0.2) is 9.78 Å². The molecular formula is C23H33F3N4O2. The van der Waals surface area contributed by atoms with Gasteiger partial charge in [-0.05, 0) is 51.3 Å².